The van der Waals surface area contributed by atoms with E-state index >= 15 is 0 Å². The zero-order valence-corrected chi connectivity index (χ0v) is 16.0. The van der Waals surface area contributed by atoms with Crippen molar-refractivity contribution in [1.29, 1.82) is 0 Å². The van der Waals surface area contributed by atoms with E-state index in [0.29, 0.717) is 23.8 Å². The van der Waals surface area contributed by atoms with Gasteiger partial charge < -0.3 is 5.32 Å². The first-order valence-electron chi connectivity index (χ1n) is 9.62. The molecule has 2 amide bonds. The molecule has 0 spiro atoms. The molecular formula is C21H25FN4O2. The van der Waals surface area contributed by atoms with Crippen LogP contribution in [-0.4, -0.2) is 34.9 Å². The van der Waals surface area contributed by atoms with Crippen LogP contribution in [-0.2, 0) is 4.79 Å². The highest BCUT2D eigenvalue weighted by Gasteiger charge is 2.24. The molecule has 1 N–H and O–H groups in total. The number of nitrogens with one attached hydrogen (secondary N) is 1. The van der Waals surface area contributed by atoms with Crippen molar-refractivity contribution >= 4 is 18.1 Å². The minimum Gasteiger partial charge on any atom is -0.349 e. The van der Waals surface area contributed by atoms with E-state index in [1.807, 2.05) is 6.92 Å². The van der Waals surface area contributed by atoms with Crippen molar-refractivity contribution in [2.75, 3.05) is 11.4 Å². The summed E-state index contributed by atoms with van der Waals surface area (Å²) in [6, 6.07) is 5.79. The fourth-order valence-electron chi connectivity index (χ4n) is 3.71. The monoisotopic (exact) mass is 384 g/mol. The van der Waals surface area contributed by atoms with Crippen LogP contribution in [0.1, 0.15) is 48.2 Å². The van der Waals surface area contributed by atoms with Crippen molar-refractivity contribution in [3.05, 3.63) is 53.7 Å². The first-order valence-corrected chi connectivity index (χ1v) is 9.62. The molecule has 0 saturated heterocycles. The SMILES string of the molecule is Cc1cncc(N(C=O)CCC2CCCC(NC(=O)c3cccc(F)c3)C2)n1. The fraction of sp³-hybridized carbons (Fsp3) is 0.429. The zero-order chi connectivity index (χ0) is 19.9. The summed E-state index contributed by atoms with van der Waals surface area (Å²) in [6.45, 7) is 2.41. The van der Waals surface area contributed by atoms with Crippen LogP contribution in [0.2, 0.25) is 0 Å². The smallest absolute Gasteiger partial charge is 0.251 e. The molecule has 2 unspecified atom stereocenters. The fourth-order valence-corrected chi connectivity index (χ4v) is 3.71. The summed E-state index contributed by atoms with van der Waals surface area (Å²) in [7, 11) is 0. The van der Waals surface area contributed by atoms with Gasteiger partial charge in [0.05, 0.1) is 11.9 Å². The highest BCUT2D eigenvalue weighted by Crippen LogP contribution is 2.27. The van der Waals surface area contributed by atoms with Gasteiger partial charge in [0, 0.05) is 24.3 Å². The number of aromatic nitrogens is 2. The van der Waals surface area contributed by atoms with Crippen LogP contribution in [0.3, 0.4) is 0 Å². The summed E-state index contributed by atoms with van der Waals surface area (Å²) in [5.74, 6) is 0.311. The Labute approximate surface area is 164 Å². The molecule has 3 rings (SSSR count). The number of amides is 2. The van der Waals surface area contributed by atoms with Gasteiger partial charge in [-0.2, -0.15) is 0 Å². The molecular weight excluding hydrogens is 359 g/mol. The molecule has 1 aliphatic rings. The number of benzene rings is 1. The third kappa shape index (κ3) is 5.34. The van der Waals surface area contributed by atoms with Crippen LogP contribution < -0.4 is 10.2 Å². The Morgan fingerprint density at radius 1 is 1.36 bits per heavy atom. The molecule has 0 radical (unpaired) electrons. The van der Waals surface area contributed by atoms with Crippen molar-refractivity contribution in [1.82, 2.24) is 15.3 Å². The summed E-state index contributed by atoms with van der Waals surface area (Å²) in [4.78, 5) is 33.8. The van der Waals surface area contributed by atoms with Crippen molar-refractivity contribution in [2.24, 2.45) is 5.92 Å². The third-order valence-corrected chi connectivity index (χ3v) is 5.15. The number of rotatable bonds is 7. The standard InChI is InChI=1S/C21H25FN4O2/c1-15-12-23-13-20(24-15)26(14-27)9-8-16-4-2-7-19(10-16)25-21(28)17-5-3-6-18(22)11-17/h3,5-6,11-14,16,19H,2,4,7-10H2,1H3,(H,25,28). The maximum absolute atomic E-state index is 13.3. The van der Waals surface area contributed by atoms with E-state index in [1.165, 1.54) is 18.2 Å². The minimum absolute atomic E-state index is 0.0676. The van der Waals surface area contributed by atoms with Crippen LogP contribution in [0.4, 0.5) is 10.2 Å². The van der Waals surface area contributed by atoms with Gasteiger partial charge in [0.15, 0.2) is 5.82 Å². The maximum atomic E-state index is 13.3. The number of halogens is 1. The number of carbonyl (C=O) groups excluding carboxylic acids is 2. The van der Waals surface area contributed by atoms with Crippen molar-refractivity contribution < 1.29 is 14.0 Å². The summed E-state index contributed by atoms with van der Waals surface area (Å²) in [5.41, 5.74) is 1.11. The van der Waals surface area contributed by atoms with E-state index in [1.54, 1.807) is 23.4 Å². The lowest BCUT2D eigenvalue weighted by atomic mass is 9.83. The van der Waals surface area contributed by atoms with Gasteiger partial charge in [-0.3, -0.25) is 19.5 Å². The summed E-state index contributed by atoms with van der Waals surface area (Å²) >= 11 is 0. The second-order valence-electron chi connectivity index (χ2n) is 7.32. The lowest BCUT2D eigenvalue weighted by molar-refractivity contribution is -0.107. The predicted molar refractivity (Wildman–Crippen MR) is 104 cm³/mol. The Morgan fingerprint density at radius 2 is 2.21 bits per heavy atom. The van der Waals surface area contributed by atoms with E-state index in [4.69, 9.17) is 0 Å². The van der Waals surface area contributed by atoms with Crippen molar-refractivity contribution in [3.63, 3.8) is 0 Å². The normalized spacial score (nSPS) is 19.1. The Bertz CT molecular complexity index is 830. The van der Waals surface area contributed by atoms with Crippen LogP contribution in [0.15, 0.2) is 36.7 Å². The second kappa shape index (κ2) is 9.39. The Morgan fingerprint density at radius 3 is 2.96 bits per heavy atom. The van der Waals surface area contributed by atoms with E-state index < -0.39 is 5.82 Å². The molecule has 2 atom stereocenters. The molecule has 1 aromatic carbocycles. The summed E-state index contributed by atoms with van der Waals surface area (Å²) in [6.07, 6.45) is 8.72. The van der Waals surface area contributed by atoms with E-state index in [2.05, 4.69) is 15.3 Å². The molecule has 0 aliphatic heterocycles. The minimum atomic E-state index is -0.414. The third-order valence-electron chi connectivity index (χ3n) is 5.15. The van der Waals surface area contributed by atoms with Gasteiger partial charge in [-0.25, -0.2) is 9.37 Å². The van der Waals surface area contributed by atoms with E-state index in [-0.39, 0.29) is 11.9 Å². The molecule has 28 heavy (non-hydrogen) atoms. The predicted octanol–water partition coefficient (Wildman–Crippen LogP) is 3.27. The highest BCUT2D eigenvalue weighted by atomic mass is 19.1. The molecule has 6 nitrogen and oxygen atoms in total. The molecule has 1 aliphatic carbocycles. The van der Waals surface area contributed by atoms with Gasteiger partial charge in [0.25, 0.3) is 5.91 Å². The molecule has 1 fully saturated rings. The largest absolute Gasteiger partial charge is 0.349 e. The Kier molecular flexibility index (Phi) is 6.68. The topological polar surface area (TPSA) is 75.2 Å². The van der Waals surface area contributed by atoms with E-state index in [9.17, 15) is 14.0 Å². The van der Waals surface area contributed by atoms with E-state index in [0.717, 1.165) is 44.2 Å². The molecule has 1 aromatic heterocycles. The molecule has 7 heteroatoms. The number of hydrogen-bond donors (Lipinski definition) is 1. The van der Waals surface area contributed by atoms with Gasteiger partial charge in [-0.05, 0) is 50.3 Å². The van der Waals surface area contributed by atoms with Crippen molar-refractivity contribution in [3.8, 4) is 0 Å². The van der Waals surface area contributed by atoms with Crippen LogP contribution >= 0.6 is 0 Å². The Balaban J connectivity index is 1.53. The first-order chi connectivity index (χ1) is 13.5. The van der Waals surface area contributed by atoms with Gasteiger partial charge in [0.2, 0.25) is 6.41 Å². The number of nitrogens with zero attached hydrogens (tertiary/aromatic N) is 3. The van der Waals surface area contributed by atoms with Crippen LogP contribution in [0.25, 0.3) is 0 Å². The zero-order valence-electron chi connectivity index (χ0n) is 16.0. The molecule has 2 aromatic rings. The lowest BCUT2D eigenvalue weighted by Crippen LogP contribution is -2.39. The number of aryl methyl sites for hydroxylation is 1. The van der Waals surface area contributed by atoms with Crippen molar-refractivity contribution in [2.45, 2.75) is 45.1 Å². The quantitative estimate of drug-likeness (QED) is 0.744. The molecule has 148 valence electrons. The van der Waals surface area contributed by atoms with Gasteiger partial charge in [-0.15, -0.1) is 0 Å². The average molecular weight is 384 g/mol. The van der Waals surface area contributed by atoms with Gasteiger partial charge >= 0.3 is 0 Å². The summed E-state index contributed by atoms with van der Waals surface area (Å²) < 4.78 is 13.3. The molecule has 0 bridgehead atoms. The van der Waals surface area contributed by atoms with Gasteiger partial charge in [0.1, 0.15) is 5.82 Å². The van der Waals surface area contributed by atoms with Crippen LogP contribution in [0.5, 0.6) is 0 Å². The second-order valence-corrected chi connectivity index (χ2v) is 7.32. The lowest BCUT2D eigenvalue weighted by Gasteiger charge is -2.30. The maximum Gasteiger partial charge on any atom is 0.251 e. The molecule has 1 heterocycles. The highest BCUT2D eigenvalue weighted by molar-refractivity contribution is 5.94. The number of anilines is 1. The number of carbonyl (C=O) groups is 2. The number of hydrogen-bond acceptors (Lipinski definition) is 4. The Hall–Kier alpha value is -2.83. The summed E-state index contributed by atoms with van der Waals surface area (Å²) in [5, 5.41) is 3.02. The molecule has 1 saturated carbocycles. The van der Waals surface area contributed by atoms with Gasteiger partial charge in [-0.1, -0.05) is 18.9 Å². The van der Waals surface area contributed by atoms with Crippen LogP contribution in [0, 0.1) is 18.7 Å². The average Bonchev–Trinajstić information content (AvgIpc) is 2.69. The first kappa shape index (κ1) is 19.9.